The SMILES string of the molecule is O=[N+]([O-])c1cc(Cl)cc(/C=N\Nc2ccc(Cl)c(Cl)c2)c1[O-]. The molecule has 0 aliphatic carbocycles. The van der Waals surface area contributed by atoms with Crippen LogP contribution in [0.1, 0.15) is 5.56 Å². The first-order valence-corrected chi connectivity index (χ1v) is 6.91. The molecule has 0 saturated carbocycles. The number of anilines is 1. The van der Waals surface area contributed by atoms with Gasteiger partial charge in [-0.25, -0.2) is 0 Å². The average Bonchev–Trinajstić information content (AvgIpc) is 2.45. The van der Waals surface area contributed by atoms with Gasteiger partial charge < -0.3 is 5.11 Å². The number of nitro benzene ring substituents is 1. The van der Waals surface area contributed by atoms with Crippen molar-refractivity contribution in [2.75, 3.05) is 5.43 Å². The fourth-order valence-electron chi connectivity index (χ4n) is 1.57. The fourth-order valence-corrected chi connectivity index (χ4v) is 2.09. The second-order valence-electron chi connectivity index (χ2n) is 4.10. The summed E-state index contributed by atoms with van der Waals surface area (Å²) in [5, 5.41) is 27.2. The second-order valence-corrected chi connectivity index (χ2v) is 5.35. The highest BCUT2D eigenvalue weighted by molar-refractivity contribution is 6.42. The molecule has 0 saturated heterocycles. The van der Waals surface area contributed by atoms with Crippen LogP contribution in [0.3, 0.4) is 0 Å². The van der Waals surface area contributed by atoms with Crippen LogP contribution < -0.4 is 10.5 Å². The highest BCUT2D eigenvalue weighted by atomic mass is 35.5. The van der Waals surface area contributed by atoms with Crippen molar-refractivity contribution < 1.29 is 10.0 Å². The molecule has 0 unspecified atom stereocenters. The number of nitrogens with one attached hydrogen (secondary N) is 1. The number of rotatable bonds is 4. The molecule has 0 amide bonds. The third-order valence-corrected chi connectivity index (χ3v) is 3.53. The topological polar surface area (TPSA) is 90.6 Å². The molecule has 2 rings (SSSR count). The largest absolute Gasteiger partial charge is 0.867 e. The van der Waals surface area contributed by atoms with E-state index in [1.54, 1.807) is 18.2 Å². The number of hydrazone groups is 1. The molecule has 0 spiro atoms. The van der Waals surface area contributed by atoms with Gasteiger partial charge in [0.1, 0.15) is 0 Å². The van der Waals surface area contributed by atoms with Gasteiger partial charge in [0.2, 0.25) is 0 Å². The summed E-state index contributed by atoms with van der Waals surface area (Å²) in [4.78, 5) is 9.96. The molecule has 22 heavy (non-hydrogen) atoms. The molecule has 0 aromatic heterocycles. The summed E-state index contributed by atoms with van der Waals surface area (Å²) < 4.78 is 0. The Hall–Kier alpha value is -2.02. The first-order valence-electron chi connectivity index (χ1n) is 5.77. The van der Waals surface area contributed by atoms with Crippen molar-refractivity contribution in [3.63, 3.8) is 0 Å². The lowest BCUT2D eigenvalue weighted by Gasteiger charge is -2.10. The molecule has 0 aliphatic heterocycles. The van der Waals surface area contributed by atoms with E-state index in [1.165, 1.54) is 6.07 Å². The Morgan fingerprint density at radius 3 is 2.50 bits per heavy atom. The molecule has 0 atom stereocenters. The van der Waals surface area contributed by atoms with Crippen molar-refractivity contribution in [1.29, 1.82) is 0 Å². The number of hydrogen-bond donors (Lipinski definition) is 1. The van der Waals surface area contributed by atoms with E-state index < -0.39 is 16.4 Å². The maximum absolute atomic E-state index is 11.8. The Labute approximate surface area is 140 Å². The molecule has 2 aromatic carbocycles. The number of nitrogens with zero attached hydrogens (tertiary/aromatic N) is 2. The van der Waals surface area contributed by atoms with Gasteiger partial charge in [0, 0.05) is 11.1 Å². The van der Waals surface area contributed by atoms with E-state index in [-0.39, 0.29) is 10.6 Å². The van der Waals surface area contributed by atoms with Crippen molar-refractivity contribution in [1.82, 2.24) is 0 Å². The third kappa shape index (κ3) is 3.79. The number of hydrogen-bond acceptors (Lipinski definition) is 5. The Bertz CT molecular complexity index is 766. The molecule has 0 heterocycles. The van der Waals surface area contributed by atoms with E-state index in [0.29, 0.717) is 15.7 Å². The molecule has 114 valence electrons. The van der Waals surface area contributed by atoms with Crippen molar-refractivity contribution in [3.8, 4) is 5.75 Å². The van der Waals surface area contributed by atoms with Gasteiger partial charge in [0.05, 0.1) is 26.9 Å². The molecule has 0 radical (unpaired) electrons. The molecular weight excluding hydrogens is 353 g/mol. The molecule has 9 heteroatoms. The lowest BCUT2D eigenvalue weighted by atomic mass is 10.2. The smallest absolute Gasteiger partial charge is 0.263 e. The zero-order valence-corrected chi connectivity index (χ0v) is 13.0. The Kier molecular flexibility index (Phi) is 5.07. The van der Waals surface area contributed by atoms with Gasteiger partial charge in [-0.05, 0) is 35.6 Å². The van der Waals surface area contributed by atoms with E-state index >= 15 is 0 Å². The molecular formula is C13H7Cl3N3O3-. The Morgan fingerprint density at radius 1 is 1.14 bits per heavy atom. The van der Waals surface area contributed by atoms with Gasteiger partial charge in [-0.15, -0.1) is 0 Å². The molecule has 6 nitrogen and oxygen atoms in total. The molecule has 0 aliphatic rings. The van der Waals surface area contributed by atoms with Gasteiger partial charge >= 0.3 is 0 Å². The van der Waals surface area contributed by atoms with E-state index in [2.05, 4.69) is 10.5 Å². The minimum Gasteiger partial charge on any atom is -0.867 e. The van der Waals surface area contributed by atoms with Gasteiger partial charge in [-0.2, -0.15) is 5.10 Å². The molecule has 2 aromatic rings. The summed E-state index contributed by atoms with van der Waals surface area (Å²) >= 11 is 17.4. The van der Waals surface area contributed by atoms with E-state index in [9.17, 15) is 15.2 Å². The molecule has 0 fully saturated rings. The van der Waals surface area contributed by atoms with Crippen molar-refractivity contribution in [2.24, 2.45) is 5.10 Å². The first-order chi connectivity index (χ1) is 10.4. The average molecular weight is 360 g/mol. The minimum atomic E-state index is -0.794. The summed E-state index contributed by atoms with van der Waals surface area (Å²) in [6.45, 7) is 0. The summed E-state index contributed by atoms with van der Waals surface area (Å²) in [6, 6.07) is 7.03. The number of halogens is 3. The van der Waals surface area contributed by atoms with Crippen molar-refractivity contribution >= 4 is 52.4 Å². The van der Waals surface area contributed by atoms with Crippen LogP contribution in [0.5, 0.6) is 5.75 Å². The fraction of sp³-hybridized carbons (Fsp3) is 0. The predicted molar refractivity (Wildman–Crippen MR) is 85.2 cm³/mol. The van der Waals surface area contributed by atoms with Gasteiger partial charge in [0.25, 0.3) is 5.69 Å². The first kappa shape index (κ1) is 16.4. The highest BCUT2D eigenvalue weighted by Crippen LogP contribution is 2.30. The van der Waals surface area contributed by atoms with E-state index in [4.69, 9.17) is 34.8 Å². The molecule has 1 N–H and O–H groups in total. The summed E-state index contributed by atoms with van der Waals surface area (Å²) in [6.07, 6.45) is 1.14. The maximum atomic E-state index is 11.8. The zero-order chi connectivity index (χ0) is 16.3. The van der Waals surface area contributed by atoms with Crippen LogP contribution >= 0.6 is 34.8 Å². The van der Waals surface area contributed by atoms with Crippen LogP contribution in [0, 0.1) is 10.1 Å². The van der Waals surface area contributed by atoms with Crippen molar-refractivity contribution in [3.05, 3.63) is 61.1 Å². The molecule has 0 bridgehead atoms. The monoisotopic (exact) mass is 358 g/mol. The van der Waals surface area contributed by atoms with Crippen LogP contribution in [0.2, 0.25) is 15.1 Å². The van der Waals surface area contributed by atoms with E-state index in [1.807, 2.05) is 0 Å². The Morgan fingerprint density at radius 2 is 1.86 bits per heavy atom. The summed E-state index contributed by atoms with van der Waals surface area (Å²) in [7, 11) is 0. The normalized spacial score (nSPS) is 10.9. The Balaban J connectivity index is 2.23. The van der Waals surface area contributed by atoms with Gasteiger partial charge in [-0.3, -0.25) is 15.5 Å². The standard InChI is InChI=1S/C13H8Cl3N3O3/c14-8-3-7(13(20)12(4-8)19(21)22)6-17-18-9-1-2-10(15)11(16)5-9/h1-6,18,20H/p-1/b17-6-. The van der Waals surface area contributed by atoms with Crippen LogP contribution in [0.15, 0.2) is 35.4 Å². The van der Waals surface area contributed by atoms with Crippen molar-refractivity contribution in [2.45, 2.75) is 0 Å². The van der Waals surface area contributed by atoms with Crippen LogP contribution in [-0.2, 0) is 0 Å². The number of nitro groups is 1. The highest BCUT2D eigenvalue weighted by Gasteiger charge is 2.11. The van der Waals surface area contributed by atoms with Crippen LogP contribution in [-0.4, -0.2) is 11.1 Å². The summed E-state index contributed by atoms with van der Waals surface area (Å²) in [5.41, 5.74) is 2.55. The lowest BCUT2D eigenvalue weighted by Crippen LogP contribution is -2.03. The van der Waals surface area contributed by atoms with Crippen LogP contribution in [0.25, 0.3) is 0 Å². The summed E-state index contributed by atoms with van der Waals surface area (Å²) in [5.74, 6) is -0.769. The third-order valence-electron chi connectivity index (χ3n) is 2.58. The van der Waals surface area contributed by atoms with Gasteiger partial charge in [0.15, 0.2) is 0 Å². The predicted octanol–water partition coefficient (Wildman–Crippen LogP) is 4.07. The zero-order valence-electron chi connectivity index (χ0n) is 10.7. The quantitative estimate of drug-likeness (QED) is 0.506. The lowest BCUT2D eigenvalue weighted by molar-refractivity contribution is -0.398. The van der Waals surface area contributed by atoms with Gasteiger partial charge in [-0.1, -0.05) is 34.8 Å². The number of benzene rings is 2. The second kappa shape index (κ2) is 6.83. The minimum absolute atomic E-state index is 0.00763. The van der Waals surface area contributed by atoms with Crippen LogP contribution in [0.4, 0.5) is 11.4 Å². The van der Waals surface area contributed by atoms with E-state index in [0.717, 1.165) is 12.3 Å². The maximum Gasteiger partial charge on any atom is 0.263 e.